The van der Waals surface area contributed by atoms with Crippen molar-refractivity contribution in [3.63, 3.8) is 0 Å². The Labute approximate surface area is 223 Å². The van der Waals surface area contributed by atoms with Gasteiger partial charge in [-0.1, -0.05) is 99.3 Å². The third-order valence-corrected chi connectivity index (χ3v) is 7.16. The average Bonchev–Trinajstić information content (AvgIpc) is 3.12. The van der Waals surface area contributed by atoms with E-state index in [0.29, 0.717) is 29.0 Å². The molecule has 3 aromatic rings. The van der Waals surface area contributed by atoms with Crippen LogP contribution in [0.25, 0.3) is 6.08 Å². The molecule has 0 radical (unpaired) electrons. The molecule has 0 N–H and O–H groups in total. The Hall–Kier alpha value is -3.09. The van der Waals surface area contributed by atoms with Crippen molar-refractivity contribution in [1.29, 1.82) is 0 Å². The summed E-state index contributed by atoms with van der Waals surface area (Å²) in [4.78, 5) is 15.2. The Balaban J connectivity index is 1.23. The van der Waals surface area contributed by atoms with Crippen molar-refractivity contribution < 1.29 is 14.3 Å². The maximum absolute atomic E-state index is 12.9. The first kappa shape index (κ1) is 26.0. The molecule has 0 saturated carbocycles. The summed E-state index contributed by atoms with van der Waals surface area (Å²) in [5.74, 6) is 1.61. The van der Waals surface area contributed by atoms with Crippen molar-refractivity contribution >= 4 is 40.3 Å². The number of hydrogen-bond donors (Lipinski definition) is 0. The minimum atomic E-state index is -0.0535. The van der Waals surface area contributed by atoms with Gasteiger partial charge in [0.1, 0.15) is 15.8 Å². The molecule has 0 aliphatic carbocycles. The molecule has 0 unspecified atom stereocenters. The second-order valence-electron chi connectivity index (χ2n) is 9.65. The SMILES string of the molecule is CC(C)(C)c1ccc(OCCCOc2ccc(C=C3SC(=S)N(Cc4ccccc4)C3=O)cc2)cc1. The van der Waals surface area contributed by atoms with E-state index in [1.165, 1.54) is 17.3 Å². The highest BCUT2D eigenvalue weighted by atomic mass is 32.2. The first-order chi connectivity index (χ1) is 17.3. The van der Waals surface area contributed by atoms with Gasteiger partial charge in [0.15, 0.2) is 0 Å². The quantitative estimate of drug-likeness (QED) is 0.170. The Morgan fingerprint density at radius 3 is 2.03 bits per heavy atom. The van der Waals surface area contributed by atoms with Gasteiger partial charge in [0.2, 0.25) is 0 Å². The van der Waals surface area contributed by atoms with E-state index >= 15 is 0 Å². The summed E-state index contributed by atoms with van der Waals surface area (Å²) in [6.07, 6.45) is 2.67. The number of carbonyl (C=O) groups is 1. The molecule has 1 amide bonds. The lowest BCUT2D eigenvalue weighted by atomic mass is 9.87. The van der Waals surface area contributed by atoms with Crippen molar-refractivity contribution in [2.24, 2.45) is 0 Å². The van der Waals surface area contributed by atoms with E-state index in [9.17, 15) is 4.79 Å². The van der Waals surface area contributed by atoms with Crippen LogP contribution in [0.5, 0.6) is 11.5 Å². The van der Waals surface area contributed by atoms with Crippen molar-refractivity contribution in [1.82, 2.24) is 4.90 Å². The Morgan fingerprint density at radius 1 is 0.861 bits per heavy atom. The third kappa shape index (κ3) is 6.99. The molecule has 1 aliphatic heterocycles. The Bertz CT molecular complexity index is 1210. The maximum atomic E-state index is 12.9. The molecular weight excluding hydrogens is 486 g/mol. The van der Waals surface area contributed by atoms with E-state index in [-0.39, 0.29) is 11.3 Å². The number of thioether (sulfide) groups is 1. The molecule has 0 atom stereocenters. The summed E-state index contributed by atoms with van der Waals surface area (Å²) in [6, 6.07) is 25.9. The van der Waals surface area contributed by atoms with Crippen LogP contribution in [0.15, 0.2) is 83.8 Å². The van der Waals surface area contributed by atoms with Crippen LogP contribution in [0.1, 0.15) is 43.9 Å². The topological polar surface area (TPSA) is 38.8 Å². The molecule has 1 aliphatic rings. The molecule has 0 bridgehead atoms. The molecule has 0 spiro atoms. The molecule has 1 heterocycles. The van der Waals surface area contributed by atoms with Crippen LogP contribution in [0.4, 0.5) is 0 Å². The van der Waals surface area contributed by atoms with Crippen LogP contribution in [0.3, 0.4) is 0 Å². The Morgan fingerprint density at radius 2 is 1.44 bits per heavy atom. The van der Waals surface area contributed by atoms with Gasteiger partial charge in [-0.3, -0.25) is 9.69 Å². The first-order valence-corrected chi connectivity index (χ1v) is 13.3. The molecule has 4 nitrogen and oxygen atoms in total. The predicted molar refractivity (Wildman–Crippen MR) is 152 cm³/mol. The van der Waals surface area contributed by atoms with Crippen LogP contribution < -0.4 is 9.47 Å². The number of rotatable bonds is 9. The van der Waals surface area contributed by atoms with Gasteiger partial charge in [-0.15, -0.1) is 0 Å². The van der Waals surface area contributed by atoms with E-state index in [4.69, 9.17) is 21.7 Å². The van der Waals surface area contributed by atoms with Gasteiger partial charge in [-0.2, -0.15) is 0 Å². The minimum absolute atomic E-state index is 0.0535. The van der Waals surface area contributed by atoms with Crippen LogP contribution in [-0.4, -0.2) is 28.3 Å². The first-order valence-electron chi connectivity index (χ1n) is 12.0. The van der Waals surface area contributed by atoms with E-state index < -0.39 is 0 Å². The molecule has 36 heavy (non-hydrogen) atoms. The van der Waals surface area contributed by atoms with Crippen molar-refractivity contribution in [3.8, 4) is 11.5 Å². The van der Waals surface area contributed by atoms with Gasteiger partial charge in [0, 0.05) is 6.42 Å². The van der Waals surface area contributed by atoms with E-state index in [1.54, 1.807) is 4.90 Å². The monoisotopic (exact) mass is 517 g/mol. The summed E-state index contributed by atoms with van der Waals surface area (Å²) >= 11 is 6.79. The van der Waals surface area contributed by atoms with E-state index in [1.807, 2.05) is 72.8 Å². The van der Waals surface area contributed by atoms with Crippen molar-refractivity contribution in [2.45, 2.75) is 39.2 Å². The minimum Gasteiger partial charge on any atom is -0.493 e. The zero-order chi connectivity index (χ0) is 25.5. The van der Waals surface area contributed by atoms with Gasteiger partial charge in [-0.05, 0) is 52.4 Å². The van der Waals surface area contributed by atoms with Gasteiger partial charge in [0.25, 0.3) is 5.91 Å². The van der Waals surface area contributed by atoms with Crippen LogP contribution in [0, 0.1) is 0 Å². The van der Waals surface area contributed by atoms with E-state index in [0.717, 1.165) is 29.0 Å². The third-order valence-electron chi connectivity index (χ3n) is 5.78. The molecule has 6 heteroatoms. The Kier molecular flexibility index (Phi) is 8.49. The van der Waals surface area contributed by atoms with Crippen molar-refractivity contribution in [3.05, 3.63) is 100 Å². The summed E-state index contributed by atoms with van der Waals surface area (Å²) in [5, 5.41) is 0. The molecule has 186 valence electrons. The number of hydrogen-bond acceptors (Lipinski definition) is 5. The smallest absolute Gasteiger partial charge is 0.266 e. The molecule has 4 rings (SSSR count). The predicted octanol–water partition coefficient (Wildman–Crippen LogP) is 7.23. The lowest BCUT2D eigenvalue weighted by molar-refractivity contribution is -0.122. The van der Waals surface area contributed by atoms with Crippen molar-refractivity contribution in [2.75, 3.05) is 13.2 Å². The number of benzene rings is 3. The zero-order valence-electron chi connectivity index (χ0n) is 20.9. The second kappa shape index (κ2) is 11.8. The normalized spacial score (nSPS) is 15.0. The molecule has 1 fully saturated rings. The molecule has 3 aromatic carbocycles. The number of thiocarbonyl (C=S) groups is 1. The number of ether oxygens (including phenoxy) is 2. The van der Waals surface area contributed by atoms with Gasteiger partial charge in [-0.25, -0.2) is 0 Å². The van der Waals surface area contributed by atoms with Gasteiger partial charge >= 0.3 is 0 Å². The fraction of sp³-hybridized carbons (Fsp3) is 0.267. The highest BCUT2D eigenvalue weighted by Gasteiger charge is 2.31. The summed E-state index contributed by atoms with van der Waals surface area (Å²) in [7, 11) is 0. The number of nitrogens with zero attached hydrogens (tertiary/aromatic N) is 1. The standard InChI is InChI=1S/C30H31NO3S2/c1-30(2,3)24-12-16-26(17-13-24)34-19-7-18-33-25-14-10-22(11-15-25)20-27-28(32)31(29(35)36-27)21-23-8-5-4-6-9-23/h4-6,8-17,20H,7,18-19,21H2,1-3H3. The van der Waals surface area contributed by atoms with Crippen LogP contribution >= 0.6 is 24.0 Å². The molecule has 0 aromatic heterocycles. The molecule has 1 saturated heterocycles. The number of amides is 1. The average molecular weight is 518 g/mol. The summed E-state index contributed by atoms with van der Waals surface area (Å²) in [5.41, 5.74) is 3.42. The fourth-order valence-electron chi connectivity index (χ4n) is 3.70. The summed E-state index contributed by atoms with van der Waals surface area (Å²) in [6.45, 7) is 8.25. The largest absolute Gasteiger partial charge is 0.493 e. The number of carbonyl (C=O) groups excluding carboxylic acids is 1. The van der Waals surface area contributed by atoms with E-state index in [2.05, 4.69) is 32.9 Å². The molecular formula is C30H31NO3S2. The van der Waals surface area contributed by atoms with Crippen LogP contribution in [0.2, 0.25) is 0 Å². The highest BCUT2D eigenvalue weighted by molar-refractivity contribution is 8.26. The van der Waals surface area contributed by atoms with Gasteiger partial charge in [0.05, 0.1) is 24.7 Å². The van der Waals surface area contributed by atoms with Gasteiger partial charge < -0.3 is 9.47 Å². The zero-order valence-corrected chi connectivity index (χ0v) is 22.5. The second-order valence-corrected chi connectivity index (χ2v) is 11.3. The fourth-order valence-corrected chi connectivity index (χ4v) is 4.96. The lowest BCUT2D eigenvalue weighted by Gasteiger charge is -2.19. The van der Waals surface area contributed by atoms with Crippen LogP contribution in [-0.2, 0) is 16.8 Å². The highest BCUT2D eigenvalue weighted by Crippen LogP contribution is 2.34. The maximum Gasteiger partial charge on any atom is 0.266 e. The summed E-state index contributed by atoms with van der Waals surface area (Å²) < 4.78 is 12.3. The lowest BCUT2D eigenvalue weighted by Crippen LogP contribution is -2.27.